The second-order valence-electron chi connectivity index (χ2n) is 8.76. The van der Waals surface area contributed by atoms with Gasteiger partial charge in [-0.15, -0.1) is 11.6 Å². The van der Waals surface area contributed by atoms with Crippen molar-refractivity contribution in [2.45, 2.75) is 64.6 Å². The average Bonchev–Trinajstić information content (AvgIpc) is 2.81. The molecule has 0 amide bonds. The van der Waals surface area contributed by atoms with Gasteiger partial charge in [-0.1, -0.05) is 70.8 Å². The lowest BCUT2D eigenvalue weighted by atomic mass is 9.32. The van der Waals surface area contributed by atoms with E-state index in [-0.39, 0.29) is 5.38 Å². The van der Waals surface area contributed by atoms with E-state index in [1.54, 1.807) is 0 Å². The van der Waals surface area contributed by atoms with Gasteiger partial charge in [0.05, 0.1) is 0 Å². The Morgan fingerprint density at radius 2 is 1.58 bits per heavy atom. The quantitative estimate of drug-likeness (QED) is 0.437. The summed E-state index contributed by atoms with van der Waals surface area (Å²) in [5.74, 6) is 1.73. The maximum absolute atomic E-state index is 6.72. The molecule has 1 fully saturated rings. The van der Waals surface area contributed by atoms with E-state index < -0.39 is 0 Å². The molecule has 2 aromatic carbocycles. The fraction of sp³-hybridized carbons (Fsp3) is 0.478. The molecule has 0 N–H and O–H groups in total. The Balaban J connectivity index is 1.93. The number of halogens is 2. The predicted octanol–water partition coefficient (Wildman–Crippen LogP) is 5.69. The lowest BCUT2D eigenvalue weighted by Gasteiger charge is -2.36. The van der Waals surface area contributed by atoms with Crippen LogP contribution in [-0.2, 0) is 0 Å². The van der Waals surface area contributed by atoms with E-state index in [4.69, 9.17) is 23.2 Å². The van der Waals surface area contributed by atoms with Crippen LogP contribution in [0.25, 0.3) is 0 Å². The van der Waals surface area contributed by atoms with Gasteiger partial charge in [-0.3, -0.25) is 0 Å². The number of benzene rings is 2. The van der Waals surface area contributed by atoms with E-state index in [1.165, 1.54) is 45.2 Å². The minimum absolute atomic E-state index is 0.267. The molecule has 4 rings (SSSR count). The molecule has 3 heteroatoms. The van der Waals surface area contributed by atoms with Gasteiger partial charge in [-0.05, 0) is 69.0 Å². The maximum Gasteiger partial charge on any atom is 0.214 e. The van der Waals surface area contributed by atoms with Crippen LogP contribution in [0, 0.1) is 33.6 Å². The molecular weight excluding hydrogens is 358 g/mol. The third-order valence-corrected chi connectivity index (χ3v) is 7.85. The van der Waals surface area contributed by atoms with Gasteiger partial charge in [0.1, 0.15) is 0 Å². The van der Waals surface area contributed by atoms with Gasteiger partial charge in [-0.25, -0.2) is 0 Å². The van der Waals surface area contributed by atoms with Crippen LogP contribution >= 0.6 is 23.2 Å². The third kappa shape index (κ3) is 2.83. The van der Waals surface area contributed by atoms with E-state index in [9.17, 15) is 0 Å². The van der Waals surface area contributed by atoms with Crippen LogP contribution in [0.5, 0.6) is 0 Å². The van der Waals surface area contributed by atoms with Crippen molar-refractivity contribution in [2.75, 3.05) is 0 Å². The Bertz CT molecular complexity index is 850. The molecule has 1 aliphatic carbocycles. The summed E-state index contributed by atoms with van der Waals surface area (Å²) in [4.78, 5) is 0. The molecule has 0 bridgehead atoms. The molecule has 0 spiro atoms. The van der Waals surface area contributed by atoms with E-state index in [0.29, 0.717) is 24.4 Å². The first kappa shape index (κ1) is 18.4. The van der Waals surface area contributed by atoms with Crippen LogP contribution < -0.4 is 10.9 Å². The summed E-state index contributed by atoms with van der Waals surface area (Å²) in [5.41, 5.74) is 9.86. The molecule has 0 radical (unpaired) electrons. The maximum atomic E-state index is 6.72. The molecule has 2 aliphatic rings. The zero-order chi connectivity index (χ0) is 18.7. The molecular formula is C23H27BCl2. The number of aryl methyl sites for hydroxylation is 4. The second kappa shape index (κ2) is 6.60. The second-order valence-corrected chi connectivity index (χ2v) is 9.72. The number of hydrogen-bond acceptors (Lipinski definition) is 0. The molecule has 3 unspecified atom stereocenters. The van der Waals surface area contributed by atoms with E-state index >= 15 is 0 Å². The van der Waals surface area contributed by atoms with Crippen LogP contribution in [0.1, 0.15) is 53.5 Å². The number of hydrogen-bond donors (Lipinski definition) is 0. The first-order valence-corrected chi connectivity index (χ1v) is 10.6. The topological polar surface area (TPSA) is 0 Å². The zero-order valence-corrected chi connectivity index (χ0v) is 17.9. The Morgan fingerprint density at radius 1 is 0.923 bits per heavy atom. The molecule has 4 atom stereocenters. The standard InChI is InChI=1S/C23H27BCl2/c1-12-6-15(4)23(16(5)7-12)24-19-8-13(2)21(25)10-17(19)18-11-22(26)14(3)9-20(18)24/h6-8,10,14,18,20,22H,9,11H2,1-5H3/t14?,18-,20?,22?/m1/s1. The smallest absolute Gasteiger partial charge is 0.123 e. The molecule has 26 heavy (non-hydrogen) atoms. The van der Waals surface area contributed by atoms with E-state index in [1.807, 2.05) is 0 Å². The van der Waals surface area contributed by atoms with Crippen LogP contribution in [-0.4, -0.2) is 12.1 Å². The number of fused-ring (bicyclic) bond motifs is 3. The number of rotatable bonds is 1. The summed E-state index contributed by atoms with van der Waals surface area (Å²) in [6.07, 6.45) is 2.27. The van der Waals surface area contributed by atoms with Crippen LogP contribution in [0.2, 0.25) is 10.8 Å². The summed E-state index contributed by atoms with van der Waals surface area (Å²) >= 11 is 13.2. The highest BCUT2D eigenvalue weighted by Crippen LogP contribution is 2.51. The van der Waals surface area contributed by atoms with Crippen molar-refractivity contribution in [2.24, 2.45) is 5.92 Å². The van der Waals surface area contributed by atoms with E-state index in [2.05, 4.69) is 58.9 Å². The zero-order valence-electron chi connectivity index (χ0n) is 16.4. The Hall–Kier alpha value is -0.915. The summed E-state index contributed by atoms with van der Waals surface area (Å²) in [6.45, 7) is 11.7. The van der Waals surface area contributed by atoms with Crippen LogP contribution in [0.3, 0.4) is 0 Å². The highest BCUT2D eigenvalue weighted by atomic mass is 35.5. The highest BCUT2D eigenvalue weighted by molar-refractivity contribution is 6.88. The van der Waals surface area contributed by atoms with Crippen LogP contribution in [0.15, 0.2) is 24.3 Å². The van der Waals surface area contributed by atoms with Crippen molar-refractivity contribution < 1.29 is 0 Å². The Morgan fingerprint density at radius 3 is 2.23 bits per heavy atom. The van der Waals surface area contributed by atoms with Gasteiger partial charge in [0.2, 0.25) is 6.71 Å². The molecule has 1 heterocycles. The molecule has 2 aromatic rings. The predicted molar refractivity (Wildman–Crippen MR) is 116 cm³/mol. The van der Waals surface area contributed by atoms with Gasteiger partial charge in [0.25, 0.3) is 0 Å². The van der Waals surface area contributed by atoms with Crippen molar-refractivity contribution in [1.82, 2.24) is 0 Å². The van der Waals surface area contributed by atoms with Crippen molar-refractivity contribution in [3.05, 3.63) is 57.1 Å². The van der Waals surface area contributed by atoms with Crippen molar-refractivity contribution in [1.29, 1.82) is 0 Å². The minimum atomic E-state index is 0.267. The third-order valence-electron chi connectivity index (χ3n) is 6.83. The Labute approximate surface area is 168 Å². The lowest BCUT2D eigenvalue weighted by Crippen LogP contribution is -2.47. The van der Waals surface area contributed by atoms with Gasteiger partial charge in [0.15, 0.2) is 0 Å². The van der Waals surface area contributed by atoms with Gasteiger partial charge >= 0.3 is 0 Å². The van der Waals surface area contributed by atoms with Crippen molar-refractivity contribution in [3.8, 4) is 0 Å². The molecule has 0 saturated heterocycles. The Kier molecular flexibility index (Phi) is 4.69. The van der Waals surface area contributed by atoms with Crippen molar-refractivity contribution >= 4 is 40.8 Å². The van der Waals surface area contributed by atoms with Crippen LogP contribution in [0.4, 0.5) is 0 Å². The SMILES string of the molecule is Cc1cc(C)c(B2c3cc(C)c(Cl)cc3[C@H]3CC(Cl)C(C)CC23)c(C)c1. The summed E-state index contributed by atoms with van der Waals surface area (Å²) in [6, 6.07) is 9.28. The minimum Gasteiger partial charge on any atom is -0.123 e. The van der Waals surface area contributed by atoms with Gasteiger partial charge < -0.3 is 0 Å². The first-order chi connectivity index (χ1) is 12.3. The highest BCUT2D eigenvalue weighted by Gasteiger charge is 2.49. The molecule has 1 aliphatic heterocycles. The molecule has 0 nitrogen and oxygen atoms in total. The fourth-order valence-electron chi connectivity index (χ4n) is 5.71. The molecule has 0 aromatic heterocycles. The van der Waals surface area contributed by atoms with E-state index in [0.717, 1.165) is 11.4 Å². The number of alkyl halides is 1. The van der Waals surface area contributed by atoms with Gasteiger partial charge in [0, 0.05) is 10.4 Å². The molecule has 136 valence electrons. The summed E-state index contributed by atoms with van der Waals surface area (Å²) in [7, 11) is 0. The van der Waals surface area contributed by atoms with Gasteiger partial charge in [-0.2, -0.15) is 0 Å². The normalized spacial score (nSPS) is 27.4. The monoisotopic (exact) mass is 384 g/mol. The average molecular weight is 385 g/mol. The van der Waals surface area contributed by atoms with Crippen molar-refractivity contribution in [3.63, 3.8) is 0 Å². The first-order valence-electron chi connectivity index (χ1n) is 9.79. The fourth-order valence-corrected chi connectivity index (χ4v) is 6.18. The molecule has 1 saturated carbocycles. The largest absolute Gasteiger partial charge is 0.214 e. The lowest BCUT2D eigenvalue weighted by molar-refractivity contribution is 0.358. The summed E-state index contributed by atoms with van der Waals surface area (Å²) in [5, 5.41) is 1.16. The summed E-state index contributed by atoms with van der Waals surface area (Å²) < 4.78 is 0.